The SMILES string of the molecule is Cc1nnn(-c2ccc(C(F)F)cc2)c1COc1ccc(N2CCN(C(=O)OC(C)(C)C)[C@H](C(=O)N[C@H]3CCC[C@@H]3O)C2)nn1. The zero-order chi connectivity index (χ0) is 32.3. The topological polar surface area (TPSA) is 148 Å². The number of aromatic nitrogens is 5. The van der Waals surface area contributed by atoms with Gasteiger partial charge in [0.05, 0.1) is 23.5 Å². The number of aryl methyl sites for hydroxylation is 1. The van der Waals surface area contributed by atoms with Crippen molar-refractivity contribution in [2.75, 3.05) is 24.5 Å². The second kappa shape index (κ2) is 13.3. The number of hydrogen-bond acceptors (Lipinski definition) is 10. The van der Waals surface area contributed by atoms with Crippen molar-refractivity contribution in [3.05, 3.63) is 53.3 Å². The van der Waals surface area contributed by atoms with Crippen molar-refractivity contribution in [1.82, 2.24) is 35.4 Å². The number of rotatable bonds is 8. The van der Waals surface area contributed by atoms with Crippen LogP contribution in [0.25, 0.3) is 5.69 Å². The molecule has 2 aliphatic rings. The fourth-order valence-electron chi connectivity index (χ4n) is 5.35. The molecule has 45 heavy (non-hydrogen) atoms. The Balaban J connectivity index is 1.26. The van der Waals surface area contributed by atoms with E-state index in [1.54, 1.807) is 52.0 Å². The minimum absolute atomic E-state index is 0.0489. The third-order valence-electron chi connectivity index (χ3n) is 7.77. The number of carbonyl (C=O) groups excluding carboxylic acids is 2. The van der Waals surface area contributed by atoms with Gasteiger partial charge in [-0.2, -0.15) is 0 Å². The van der Waals surface area contributed by atoms with Gasteiger partial charge in [-0.3, -0.25) is 9.69 Å². The van der Waals surface area contributed by atoms with E-state index in [-0.39, 0.29) is 43.1 Å². The lowest BCUT2D eigenvalue weighted by atomic mass is 10.1. The zero-order valence-electron chi connectivity index (χ0n) is 25.7. The van der Waals surface area contributed by atoms with Gasteiger partial charge in [-0.05, 0) is 65.2 Å². The van der Waals surface area contributed by atoms with Gasteiger partial charge in [-0.25, -0.2) is 18.3 Å². The Labute approximate surface area is 259 Å². The minimum atomic E-state index is -2.57. The highest BCUT2D eigenvalue weighted by atomic mass is 19.3. The third kappa shape index (κ3) is 7.64. The number of hydrogen-bond donors (Lipinski definition) is 2. The molecule has 1 aliphatic carbocycles. The Hall–Kier alpha value is -4.40. The maximum atomic E-state index is 13.4. The van der Waals surface area contributed by atoms with E-state index < -0.39 is 30.3 Å². The van der Waals surface area contributed by atoms with Crippen molar-refractivity contribution in [1.29, 1.82) is 0 Å². The zero-order valence-corrected chi connectivity index (χ0v) is 25.7. The molecule has 13 nitrogen and oxygen atoms in total. The van der Waals surface area contributed by atoms with E-state index in [1.807, 2.05) is 4.90 Å². The molecule has 2 amide bonds. The number of carbonyl (C=O) groups is 2. The Morgan fingerprint density at radius 1 is 1.07 bits per heavy atom. The summed E-state index contributed by atoms with van der Waals surface area (Å²) in [6, 6.07) is 7.89. The van der Waals surface area contributed by atoms with Gasteiger partial charge in [0, 0.05) is 31.3 Å². The number of nitrogens with one attached hydrogen (secondary N) is 1. The number of aliphatic hydroxyl groups is 1. The number of halogens is 2. The number of piperazine rings is 1. The molecule has 0 spiro atoms. The van der Waals surface area contributed by atoms with Crippen molar-refractivity contribution in [2.45, 2.75) is 83.8 Å². The maximum absolute atomic E-state index is 13.4. The van der Waals surface area contributed by atoms with E-state index in [2.05, 4.69) is 25.8 Å². The molecule has 1 saturated heterocycles. The highest BCUT2D eigenvalue weighted by molar-refractivity contribution is 5.87. The largest absolute Gasteiger partial charge is 0.470 e. The van der Waals surface area contributed by atoms with Gasteiger partial charge in [0.15, 0.2) is 5.82 Å². The normalized spacial score (nSPS) is 20.4. The predicted molar refractivity (Wildman–Crippen MR) is 158 cm³/mol. The van der Waals surface area contributed by atoms with Gasteiger partial charge < -0.3 is 24.8 Å². The molecule has 5 rings (SSSR count). The van der Waals surface area contributed by atoms with Gasteiger partial charge in [0.2, 0.25) is 11.8 Å². The van der Waals surface area contributed by atoms with Crippen LogP contribution in [0.5, 0.6) is 5.88 Å². The Kier molecular flexibility index (Phi) is 9.46. The monoisotopic (exact) mass is 628 g/mol. The van der Waals surface area contributed by atoms with E-state index in [1.165, 1.54) is 21.7 Å². The number of benzene rings is 1. The number of aliphatic hydroxyl groups excluding tert-OH is 1. The van der Waals surface area contributed by atoms with Crippen LogP contribution >= 0.6 is 0 Å². The lowest BCUT2D eigenvalue weighted by Gasteiger charge is -2.41. The summed E-state index contributed by atoms with van der Waals surface area (Å²) in [6.07, 6.45) is -1.67. The van der Waals surface area contributed by atoms with Crippen molar-refractivity contribution in [2.24, 2.45) is 0 Å². The highest BCUT2D eigenvalue weighted by Crippen LogP contribution is 2.24. The first kappa shape index (κ1) is 32.0. The first-order valence-electron chi connectivity index (χ1n) is 14.9. The van der Waals surface area contributed by atoms with Crippen molar-refractivity contribution in [3.63, 3.8) is 0 Å². The molecule has 3 aromatic rings. The molecule has 15 heteroatoms. The van der Waals surface area contributed by atoms with Crippen LogP contribution in [0.2, 0.25) is 0 Å². The van der Waals surface area contributed by atoms with E-state index >= 15 is 0 Å². The molecule has 2 aromatic heterocycles. The van der Waals surface area contributed by atoms with E-state index in [0.717, 1.165) is 6.42 Å². The summed E-state index contributed by atoms with van der Waals surface area (Å²) in [6.45, 7) is 7.87. The fourth-order valence-corrected chi connectivity index (χ4v) is 5.35. The quantitative estimate of drug-likeness (QED) is 0.381. The smallest absolute Gasteiger partial charge is 0.411 e. The number of alkyl halides is 2. The van der Waals surface area contributed by atoms with Gasteiger partial charge in [0.25, 0.3) is 6.43 Å². The molecule has 0 radical (unpaired) electrons. The van der Waals surface area contributed by atoms with Crippen molar-refractivity contribution < 1.29 is 33.0 Å². The lowest BCUT2D eigenvalue weighted by Crippen LogP contribution is -2.62. The number of anilines is 1. The number of amides is 2. The van der Waals surface area contributed by atoms with Crippen LogP contribution in [0, 0.1) is 6.92 Å². The average molecular weight is 629 g/mol. The molecule has 242 valence electrons. The summed E-state index contributed by atoms with van der Waals surface area (Å²) in [4.78, 5) is 29.7. The molecule has 3 heterocycles. The Morgan fingerprint density at radius 3 is 2.44 bits per heavy atom. The van der Waals surface area contributed by atoms with E-state index in [0.29, 0.717) is 42.3 Å². The third-order valence-corrected chi connectivity index (χ3v) is 7.77. The Bertz CT molecular complexity index is 1480. The number of ether oxygens (including phenoxy) is 2. The molecular formula is C30H38F2N8O5. The standard InChI is InChI=1S/C30H38F2N8O5/c1-18-23(40(37-34-18)20-10-8-19(9-11-20)27(31)32)17-44-26-13-12-25(35-36-26)38-14-15-39(29(43)45-30(2,3)4)22(16-38)28(42)33-21-6-5-7-24(21)41/h8-13,21-22,24,27,41H,5-7,14-17H2,1-4H3,(H,33,42)/t21-,22-,24-/m0/s1. The molecule has 2 fully saturated rings. The van der Waals surface area contributed by atoms with Crippen LogP contribution in [0.15, 0.2) is 36.4 Å². The van der Waals surface area contributed by atoms with Crippen molar-refractivity contribution in [3.8, 4) is 11.6 Å². The summed E-state index contributed by atoms with van der Waals surface area (Å²) < 4.78 is 38.9. The van der Waals surface area contributed by atoms with Gasteiger partial charge in [-0.15, -0.1) is 15.3 Å². The summed E-state index contributed by atoms with van der Waals surface area (Å²) in [5.74, 6) is 0.358. The lowest BCUT2D eigenvalue weighted by molar-refractivity contribution is -0.128. The minimum Gasteiger partial charge on any atom is -0.470 e. The van der Waals surface area contributed by atoms with E-state index in [4.69, 9.17) is 9.47 Å². The molecule has 1 aliphatic heterocycles. The first-order chi connectivity index (χ1) is 21.4. The van der Waals surface area contributed by atoms with E-state index in [9.17, 15) is 23.5 Å². The fraction of sp³-hybridized carbons (Fsp3) is 0.533. The molecule has 3 atom stereocenters. The van der Waals surface area contributed by atoms with Gasteiger partial charge >= 0.3 is 6.09 Å². The van der Waals surface area contributed by atoms with Crippen LogP contribution < -0.4 is 15.0 Å². The second-order valence-electron chi connectivity index (χ2n) is 12.2. The van der Waals surface area contributed by atoms with Crippen LogP contribution in [0.1, 0.15) is 63.4 Å². The molecule has 0 bridgehead atoms. The molecule has 0 unspecified atom stereocenters. The second-order valence-corrected chi connectivity index (χ2v) is 12.2. The summed E-state index contributed by atoms with van der Waals surface area (Å²) in [5, 5.41) is 29.9. The number of nitrogens with zero attached hydrogens (tertiary/aromatic N) is 7. The van der Waals surface area contributed by atoms with Crippen LogP contribution in [-0.4, -0.2) is 90.6 Å². The van der Waals surface area contributed by atoms with Crippen LogP contribution in [-0.2, 0) is 16.1 Å². The summed E-state index contributed by atoms with van der Waals surface area (Å²) in [7, 11) is 0. The molecule has 1 saturated carbocycles. The first-order valence-corrected chi connectivity index (χ1v) is 14.9. The molecular weight excluding hydrogens is 590 g/mol. The van der Waals surface area contributed by atoms with Gasteiger partial charge in [0.1, 0.15) is 23.9 Å². The Morgan fingerprint density at radius 2 is 1.82 bits per heavy atom. The summed E-state index contributed by atoms with van der Waals surface area (Å²) >= 11 is 0. The summed E-state index contributed by atoms with van der Waals surface area (Å²) in [5.41, 5.74) is 0.963. The predicted octanol–water partition coefficient (Wildman–Crippen LogP) is 3.34. The van der Waals surface area contributed by atoms with Crippen LogP contribution in [0.4, 0.5) is 19.4 Å². The average Bonchev–Trinajstić information content (AvgIpc) is 3.59. The molecule has 2 N–H and O–H groups in total. The highest BCUT2D eigenvalue weighted by Gasteiger charge is 2.40. The van der Waals surface area contributed by atoms with Gasteiger partial charge in [-0.1, -0.05) is 17.3 Å². The van der Waals surface area contributed by atoms with Crippen molar-refractivity contribution >= 4 is 17.8 Å². The maximum Gasteiger partial charge on any atom is 0.411 e. The van der Waals surface area contributed by atoms with Crippen LogP contribution in [0.3, 0.4) is 0 Å². The molecule has 1 aromatic carbocycles.